The lowest BCUT2D eigenvalue weighted by Gasteiger charge is -2.32. The number of aryl methyl sites for hydroxylation is 1. The Bertz CT molecular complexity index is 372. The second kappa shape index (κ2) is 5.34. The third kappa shape index (κ3) is 2.87. The molecule has 1 aromatic heterocycles. The first-order valence-corrected chi connectivity index (χ1v) is 6.47. The molecule has 94 valence electrons. The summed E-state index contributed by atoms with van der Waals surface area (Å²) in [6, 6.07) is 2.71. The van der Waals surface area contributed by atoms with Crippen LogP contribution in [0.25, 0.3) is 0 Å². The highest BCUT2D eigenvalue weighted by Crippen LogP contribution is 2.25. The highest BCUT2D eigenvalue weighted by Gasteiger charge is 2.19. The number of anilines is 2. The van der Waals surface area contributed by atoms with Gasteiger partial charge in [0.1, 0.15) is 5.82 Å². The molecule has 1 fully saturated rings. The molecule has 0 bridgehead atoms. The van der Waals surface area contributed by atoms with Crippen LogP contribution in [0.15, 0.2) is 6.07 Å². The van der Waals surface area contributed by atoms with Crippen LogP contribution in [0.4, 0.5) is 11.8 Å². The Labute approximate surface area is 103 Å². The number of aromatic nitrogens is 2. The summed E-state index contributed by atoms with van der Waals surface area (Å²) in [5.74, 6) is 1.75. The maximum absolute atomic E-state index is 4.53. The molecule has 1 aliphatic rings. The summed E-state index contributed by atoms with van der Waals surface area (Å²) in [5.41, 5.74) is 1.02. The van der Waals surface area contributed by atoms with Crippen molar-refractivity contribution >= 4 is 11.8 Å². The summed E-state index contributed by atoms with van der Waals surface area (Å²) in [7, 11) is 4.01. The molecule has 0 radical (unpaired) electrons. The van der Waals surface area contributed by atoms with Crippen LogP contribution >= 0.6 is 0 Å². The average molecular weight is 234 g/mol. The lowest BCUT2D eigenvalue weighted by molar-refractivity contribution is 0.426. The van der Waals surface area contributed by atoms with Crippen LogP contribution in [-0.2, 0) is 0 Å². The minimum Gasteiger partial charge on any atom is -0.357 e. The Hall–Kier alpha value is -1.32. The van der Waals surface area contributed by atoms with Gasteiger partial charge in [0.2, 0.25) is 5.95 Å². The summed E-state index contributed by atoms with van der Waals surface area (Å²) in [6.07, 6.45) is 6.65. The standard InChI is InChI=1S/C13H22N4/c1-10-9-12(16-13(14-2)15-10)17(3)11-7-5-4-6-8-11/h9,11H,4-8H2,1-3H3,(H,14,15,16). The van der Waals surface area contributed by atoms with E-state index in [9.17, 15) is 0 Å². The van der Waals surface area contributed by atoms with Gasteiger partial charge in [-0.25, -0.2) is 4.98 Å². The molecule has 1 aromatic rings. The molecular formula is C13H22N4. The first-order chi connectivity index (χ1) is 8.20. The summed E-state index contributed by atoms with van der Waals surface area (Å²) < 4.78 is 0. The van der Waals surface area contributed by atoms with Crippen molar-refractivity contribution in [1.29, 1.82) is 0 Å². The van der Waals surface area contributed by atoms with E-state index in [1.54, 1.807) is 0 Å². The van der Waals surface area contributed by atoms with Gasteiger partial charge in [-0.1, -0.05) is 19.3 Å². The molecule has 0 amide bonds. The molecule has 4 nitrogen and oxygen atoms in total. The number of rotatable bonds is 3. The third-order valence-corrected chi connectivity index (χ3v) is 3.55. The Morgan fingerprint density at radius 3 is 2.59 bits per heavy atom. The van der Waals surface area contributed by atoms with Crippen molar-refractivity contribution in [2.24, 2.45) is 0 Å². The van der Waals surface area contributed by atoms with E-state index in [0.717, 1.165) is 11.5 Å². The van der Waals surface area contributed by atoms with E-state index >= 15 is 0 Å². The monoisotopic (exact) mass is 234 g/mol. The summed E-state index contributed by atoms with van der Waals surface area (Å²) in [5, 5.41) is 3.02. The van der Waals surface area contributed by atoms with Crippen LogP contribution in [-0.4, -0.2) is 30.1 Å². The van der Waals surface area contributed by atoms with E-state index in [0.29, 0.717) is 12.0 Å². The molecule has 1 saturated carbocycles. The molecule has 0 atom stereocenters. The summed E-state index contributed by atoms with van der Waals surface area (Å²) >= 11 is 0. The number of nitrogens with one attached hydrogen (secondary N) is 1. The molecule has 1 N–H and O–H groups in total. The van der Waals surface area contributed by atoms with Gasteiger partial charge in [-0.15, -0.1) is 0 Å². The van der Waals surface area contributed by atoms with Crippen LogP contribution in [0.3, 0.4) is 0 Å². The molecule has 0 unspecified atom stereocenters. The van der Waals surface area contributed by atoms with E-state index in [1.807, 2.05) is 14.0 Å². The van der Waals surface area contributed by atoms with Crippen LogP contribution in [0, 0.1) is 6.92 Å². The van der Waals surface area contributed by atoms with E-state index in [1.165, 1.54) is 32.1 Å². The minimum atomic E-state index is 0.641. The number of nitrogens with zero attached hydrogens (tertiary/aromatic N) is 3. The maximum Gasteiger partial charge on any atom is 0.224 e. The molecule has 0 aliphatic heterocycles. The summed E-state index contributed by atoms with van der Waals surface area (Å²) in [4.78, 5) is 11.2. The van der Waals surface area contributed by atoms with Crippen LogP contribution in [0.2, 0.25) is 0 Å². The highest BCUT2D eigenvalue weighted by molar-refractivity contribution is 5.44. The Kier molecular flexibility index (Phi) is 3.82. The van der Waals surface area contributed by atoms with Crippen molar-refractivity contribution in [2.75, 3.05) is 24.3 Å². The zero-order valence-electron chi connectivity index (χ0n) is 11.0. The van der Waals surface area contributed by atoms with Crippen molar-refractivity contribution in [3.8, 4) is 0 Å². The predicted octanol–water partition coefficient (Wildman–Crippen LogP) is 2.60. The minimum absolute atomic E-state index is 0.641. The quantitative estimate of drug-likeness (QED) is 0.872. The Morgan fingerprint density at radius 2 is 1.94 bits per heavy atom. The van der Waals surface area contributed by atoms with Gasteiger partial charge in [0.15, 0.2) is 0 Å². The molecule has 0 saturated heterocycles. The van der Waals surface area contributed by atoms with Crippen molar-refractivity contribution in [2.45, 2.75) is 45.1 Å². The van der Waals surface area contributed by atoms with Crippen LogP contribution < -0.4 is 10.2 Å². The van der Waals surface area contributed by atoms with Gasteiger partial charge in [-0.2, -0.15) is 4.98 Å². The topological polar surface area (TPSA) is 41.1 Å². The van der Waals surface area contributed by atoms with Crippen molar-refractivity contribution < 1.29 is 0 Å². The molecule has 0 spiro atoms. The molecular weight excluding hydrogens is 212 g/mol. The van der Waals surface area contributed by atoms with Gasteiger partial charge in [0, 0.05) is 31.9 Å². The van der Waals surface area contributed by atoms with Gasteiger partial charge in [-0.05, 0) is 19.8 Å². The Balaban J connectivity index is 2.17. The normalized spacial score (nSPS) is 16.9. The van der Waals surface area contributed by atoms with Gasteiger partial charge in [-0.3, -0.25) is 0 Å². The molecule has 4 heteroatoms. The number of hydrogen-bond acceptors (Lipinski definition) is 4. The molecule has 2 rings (SSSR count). The largest absolute Gasteiger partial charge is 0.357 e. The molecule has 1 heterocycles. The zero-order chi connectivity index (χ0) is 12.3. The van der Waals surface area contributed by atoms with E-state index < -0.39 is 0 Å². The fraction of sp³-hybridized carbons (Fsp3) is 0.692. The van der Waals surface area contributed by atoms with Gasteiger partial charge in [0.05, 0.1) is 0 Å². The third-order valence-electron chi connectivity index (χ3n) is 3.55. The first kappa shape index (κ1) is 12.1. The summed E-state index contributed by atoms with van der Waals surface area (Å²) in [6.45, 7) is 2.01. The first-order valence-electron chi connectivity index (χ1n) is 6.47. The average Bonchev–Trinajstić information content (AvgIpc) is 2.38. The Morgan fingerprint density at radius 1 is 1.24 bits per heavy atom. The van der Waals surface area contributed by atoms with E-state index in [4.69, 9.17) is 0 Å². The molecule has 17 heavy (non-hydrogen) atoms. The maximum atomic E-state index is 4.53. The van der Waals surface area contributed by atoms with Crippen molar-refractivity contribution in [3.05, 3.63) is 11.8 Å². The van der Waals surface area contributed by atoms with Crippen molar-refractivity contribution in [3.63, 3.8) is 0 Å². The van der Waals surface area contributed by atoms with Crippen LogP contribution in [0.5, 0.6) is 0 Å². The van der Waals surface area contributed by atoms with Gasteiger partial charge >= 0.3 is 0 Å². The van der Waals surface area contributed by atoms with Crippen molar-refractivity contribution in [1.82, 2.24) is 9.97 Å². The number of hydrogen-bond donors (Lipinski definition) is 1. The predicted molar refractivity (Wildman–Crippen MR) is 71.6 cm³/mol. The van der Waals surface area contributed by atoms with Gasteiger partial charge in [0.25, 0.3) is 0 Å². The smallest absolute Gasteiger partial charge is 0.224 e. The fourth-order valence-electron chi connectivity index (χ4n) is 2.50. The van der Waals surface area contributed by atoms with E-state index in [2.05, 4.69) is 33.3 Å². The lowest BCUT2D eigenvalue weighted by Crippen LogP contribution is -2.34. The SMILES string of the molecule is CNc1nc(C)cc(N(C)C2CCCCC2)n1. The lowest BCUT2D eigenvalue weighted by atomic mass is 9.94. The van der Waals surface area contributed by atoms with Crippen LogP contribution in [0.1, 0.15) is 37.8 Å². The van der Waals surface area contributed by atoms with E-state index in [-0.39, 0.29) is 0 Å². The second-order valence-electron chi connectivity index (χ2n) is 4.84. The molecule has 1 aliphatic carbocycles. The molecule has 0 aromatic carbocycles. The fourth-order valence-corrected chi connectivity index (χ4v) is 2.50. The highest BCUT2D eigenvalue weighted by atomic mass is 15.2. The zero-order valence-corrected chi connectivity index (χ0v) is 11.0. The van der Waals surface area contributed by atoms with Gasteiger partial charge < -0.3 is 10.2 Å². The second-order valence-corrected chi connectivity index (χ2v) is 4.84.